The topological polar surface area (TPSA) is 17.1 Å². The van der Waals surface area contributed by atoms with Gasteiger partial charge < -0.3 is 0 Å². The molecular weight excluding hydrogens is 208 g/mol. The van der Waals surface area contributed by atoms with Gasteiger partial charge in [0.15, 0.2) is 5.78 Å². The average molecular weight is 234 g/mol. The molecule has 1 saturated carbocycles. The van der Waals surface area contributed by atoms with Crippen LogP contribution in [0.1, 0.15) is 60.8 Å². The maximum absolute atomic E-state index is 12.3. The minimum absolute atomic E-state index is 0.0924. The van der Waals surface area contributed by atoms with E-state index in [0.29, 0.717) is 0 Å². The van der Waals surface area contributed by atoms with Crippen molar-refractivity contribution in [3.8, 4) is 0 Å². The highest BCUT2D eigenvalue weighted by Crippen LogP contribution is 2.31. The van der Waals surface area contributed by atoms with Crippen LogP contribution < -0.4 is 0 Å². The van der Waals surface area contributed by atoms with Crippen LogP contribution in [0.25, 0.3) is 0 Å². The van der Waals surface area contributed by atoms with E-state index in [9.17, 15) is 4.79 Å². The van der Waals surface area contributed by atoms with Crippen LogP contribution >= 0.6 is 0 Å². The summed E-state index contributed by atoms with van der Waals surface area (Å²) < 4.78 is 0. The number of ketones is 1. The summed E-state index contributed by atoms with van der Waals surface area (Å²) in [5.74, 6) is 0.279. The van der Waals surface area contributed by atoms with Gasteiger partial charge >= 0.3 is 0 Å². The van der Waals surface area contributed by atoms with E-state index in [4.69, 9.17) is 0 Å². The summed E-state index contributed by atoms with van der Waals surface area (Å²) in [5, 5.41) is 0. The normalized spacial score (nSPS) is 23.5. The molecule has 0 bridgehead atoms. The molecule has 0 heterocycles. The molecule has 0 saturated heterocycles. The van der Waals surface area contributed by atoms with Crippen molar-refractivity contribution >= 4 is 5.78 Å². The number of hydrogen-bond acceptors (Lipinski definition) is 1. The fraction of sp³-hybridized carbons (Fsp3) is 0.688. The molecule has 1 heteroatoms. The number of hydrogen-bond donors (Lipinski definition) is 0. The molecule has 0 aromatic carbocycles. The molecule has 1 fully saturated rings. The lowest BCUT2D eigenvalue weighted by Crippen LogP contribution is -2.17. The van der Waals surface area contributed by atoms with E-state index in [0.717, 1.165) is 30.4 Å². The van der Waals surface area contributed by atoms with E-state index < -0.39 is 0 Å². The van der Waals surface area contributed by atoms with Gasteiger partial charge in [-0.25, -0.2) is 0 Å². The van der Waals surface area contributed by atoms with E-state index in [1.807, 2.05) is 0 Å². The standard InChI is InChI=1S/C16H26O/c1-15(2,3)10-12-8-7-9-13(14(12)17)11-16(4,5)6/h10-11H,7-9H2,1-6H3/b12-10+,13-11+. The smallest absolute Gasteiger partial charge is 0.184 e. The minimum atomic E-state index is 0.0924. The summed E-state index contributed by atoms with van der Waals surface area (Å²) in [6.07, 6.45) is 7.28. The van der Waals surface area contributed by atoms with Gasteiger partial charge in [-0.05, 0) is 41.2 Å². The Kier molecular flexibility index (Phi) is 4.01. The van der Waals surface area contributed by atoms with Crippen molar-refractivity contribution in [3.63, 3.8) is 0 Å². The Bertz CT molecular complexity index is 322. The zero-order valence-electron chi connectivity index (χ0n) is 12.2. The summed E-state index contributed by atoms with van der Waals surface area (Å²) in [6.45, 7) is 12.9. The highest BCUT2D eigenvalue weighted by atomic mass is 16.1. The molecule has 0 aromatic rings. The van der Waals surface area contributed by atoms with Crippen molar-refractivity contribution in [1.82, 2.24) is 0 Å². The molecule has 0 spiro atoms. The Labute approximate surface area is 106 Å². The lowest BCUT2D eigenvalue weighted by Gasteiger charge is -2.23. The van der Waals surface area contributed by atoms with Crippen molar-refractivity contribution < 1.29 is 4.79 Å². The number of allylic oxidation sites excluding steroid dienone is 4. The Morgan fingerprint density at radius 1 is 0.824 bits per heavy atom. The lowest BCUT2D eigenvalue weighted by atomic mass is 9.81. The summed E-state index contributed by atoms with van der Waals surface area (Å²) in [4.78, 5) is 12.3. The van der Waals surface area contributed by atoms with Crippen LogP contribution in [0.4, 0.5) is 0 Å². The van der Waals surface area contributed by atoms with Gasteiger partial charge in [0.2, 0.25) is 0 Å². The second-order valence-electron chi connectivity index (χ2n) is 7.25. The van der Waals surface area contributed by atoms with Gasteiger partial charge in [0, 0.05) is 0 Å². The Hall–Kier alpha value is -0.850. The summed E-state index contributed by atoms with van der Waals surface area (Å²) in [6, 6.07) is 0. The zero-order valence-corrected chi connectivity index (χ0v) is 12.2. The molecule has 17 heavy (non-hydrogen) atoms. The van der Waals surface area contributed by atoms with Crippen molar-refractivity contribution in [3.05, 3.63) is 23.3 Å². The molecule has 0 radical (unpaired) electrons. The van der Waals surface area contributed by atoms with Crippen LogP contribution in [0, 0.1) is 10.8 Å². The highest BCUT2D eigenvalue weighted by molar-refractivity contribution is 6.09. The second-order valence-corrected chi connectivity index (χ2v) is 7.25. The molecule has 0 N–H and O–H groups in total. The Morgan fingerprint density at radius 3 is 1.47 bits per heavy atom. The van der Waals surface area contributed by atoms with Gasteiger partial charge in [-0.1, -0.05) is 53.7 Å². The van der Waals surface area contributed by atoms with Crippen molar-refractivity contribution in [2.75, 3.05) is 0 Å². The monoisotopic (exact) mass is 234 g/mol. The second kappa shape index (κ2) is 4.80. The average Bonchev–Trinajstić information content (AvgIpc) is 2.07. The quantitative estimate of drug-likeness (QED) is 0.556. The maximum atomic E-state index is 12.3. The van der Waals surface area contributed by atoms with Crippen molar-refractivity contribution in [2.45, 2.75) is 60.8 Å². The molecule has 0 amide bonds. The minimum Gasteiger partial charge on any atom is -0.289 e. The van der Waals surface area contributed by atoms with Crippen LogP contribution in [0.15, 0.2) is 23.3 Å². The molecule has 0 aliphatic heterocycles. The number of carbonyl (C=O) groups is 1. The van der Waals surface area contributed by atoms with Gasteiger partial charge in [-0.15, -0.1) is 0 Å². The molecule has 1 aliphatic rings. The molecule has 1 nitrogen and oxygen atoms in total. The van der Waals surface area contributed by atoms with Crippen LogP contribution in [-0.4, -0.2) is 5.78 Å². The van der Waals surface area contributed by atoms with Crippen LogP contribution in [0.5, 0.6) is 0 Å². The fourth-order valence-corrected chi connectivity index (χ4v) is 2.22. The zero-order chi connectivity index (χ0) is 13.3. The summed E-state index contributed by atoms with van der Waals surface area (Å²) >= 11 is 0. The van der Waals surface area contributed by atoms with E-state index in [-0.39, 0.29) is 16.6 Å². The Morgan fingerprint density at radius 2 is 1.18 bits per heavy atom. The number of Topliss-reactive ketones (excluding diaryl/α,β-unsaturated/α-hetero) is 1. The summed E-state index contributed by atoms with van der Waals surface area (Å²) in [7, 11) is 0. The molecule has 1 aliphatic carbocycles. The van der Waals surface area contributed by atoms with Gasteiger partial charge in [-0.3, -0.25) is 4.79 Å². The first-order valence-corrected chi connectivity index (χ1v) is 6.57. The van der Waals surface area contributed by atoms with E-state index >= 15 is 0 Å². The third-order valence-electron chi connectivity index (χ3n) is 2.69. The molecular formula is C16H26O. The van der Waals surface area contributed by atoms with E-state index in [1.54, 1.807) is 0 Å². The first kappa shape index (κ1) is 14.2. The molecule has 96 valence electrons. The van der Waals surface area contributed by atoms with Crippen LogP contribution in [0.3, 0.4) is 0 Å². The molecule has 0 unspecified atom stereocenters. The third kappa shape index (κ3) is 4.89. The van der Waals surface area contributed by atoms with E-state index in [2.05, 4.69) is 53.7 Å². The molecule has 0 aromatic heterocycles. The van der Waals surface area contributed by atoms with Gasteiger partial charge in [0.05, 0.1) is 0 Å². The predicted octanol–water partition coefficient (Wildman–Crippen LogP) is 4.68. The number of rotatable bonds is 0. The SMILES string of the molecule is CC(C)(C)/C=C1\CCC/C(=C\C(C)(C)C)C1=O. The van der Waals surface area contributed by atoms with Crippen molar-refractivity contribution in [1.29, 1.82) is 0 Å². The molecule has 0 atom stereocenters. The Balaban J connectivity index is 2.99. The van der Waals surface area contributed by atoms with Crippen LogP contribution in [0.2, 0.25) is 0 Å². The van der Waals surface area contributed by atoms with Gasteiger partial charge in [0.25, 0.3) is 0 Å². The van der Waals surface area contributed by atoms with Gasteiger partial charge in [0.1, 0.15) is 0 Å². The largest absolute Gasteiger partial charge is 0.289 e. The highest BCUT2D eigenvalue weighted by Gasteiger charge is 2.23. The summed E-state index contributed by atoms with van der Waals surface area (Å²) in [5.41, 5.74) is 2.21. The maximum Gasteiger partial charge on any atom is 0.184 e. The molecule has 1 rings (SSSR count). The van der Waals surface area contributed by atoms with Crippen LogP contribution in [-0.2, 0) is 4.79 Å². The predicted molar refractivity (Wildman–Crippen MR) is 73.9 cm³/mol. The van der Waals surface area contributed by atoms with E-state index in [1.165, 1.54) is 0 Å². The third-order valence-corrected chi connectivity index (χ3v) is 2.69. The fourth-order valence-electron chi connectivity index (χ4n) is 2.22. The van der Waals surface area contributed by atoms with Gasteiger partial charge in [-0.2, -0.15) is 0 Å². The number of carbonyl (C=O) groups excluding carboxylic acids is 1. The first-order valence-electron chi connectivity index (χ1n) is 6.57. The first-order chi connectivity index (χ1) is 7.58. The lowest BCUT2D eigenvalue weighted by molar-refractivity contribution is -0.113. The van der Waals surface area contributed by atoms with Crippen molar-refractivity contribution in [2.24, 2.45) is 10.8 Å².